The summed E-state index contributed by atoms with van der Waals surface area (Å²) in [5.74, 6) is 2.66. The lowest BCUT2D eigenvalue weighted by Gasteiger charge is -2.57. The van der Waals surface area contributed by atoms with E-state index in [1.54, 1.807) is 18.3 Å². The van der Waals surface area contributed by atoms with Crippen LogP contribution >= 0.6 is 0 Å². The Hall–Kier alpha value is -2.69. The Morgan fingerprint density at radius 2 is 1.56 bits per heavy atom. The van der Waals surface area contributed by atoms with Gasteiger partial charge in [-0.2, -0.15) is 0 Å². The Morgan fingerprint density at radius 1 is 0.938 bits per heavy atom. The third-order valence-electron chi connectivity index (χ3n) is 7.95. The van der Waals surface area contributed by atoms with E-state index in [0.717, 1.165) is 17.8 Å². The highest BCUT2D eigenvalue weighted by Gasteiger charge is 2.51. The fourth-order valence-electron chi connectivity index (χ4n) is 6.84. The first-order valence-corrected chi connectivity index (χ1v) is 12.1. The van der Waals surface area contributed by atoms with E-state index in [2.05, 4.69) is 27.8 Å². The third kappa shape index (κ3) is 4.05. The summed E-state index contributed by atoms with van der Waals surface area (Å²) in [6, 6.07) is 12.9. The van der Waals surface area contributed by atoms with Gasteiger partial charge in [-0.3, -0.25) is 9.59 Å². The second-order valence-corrected chi connectivity index (χ2v) is 10.7. The molecule has 2 amide bonds. The second kappa shape index (κ2) is 8.34. The highest BCUT2D eigenvalue weighted by Crippen LogP contribution is 2.60. The van der Waals surface area contributed by atoms with Crippen LogP contribution in [0.3, 0.4) is 0 Å². The number of anilines is 1. The monoisotopic (exact) mass is 431 g/mol. The highest BCUT2D eigenvalue weighted by molar-refractivity contribution is 6.01. The Morgan fingerprint density at radius 3 is 2.09 bits per heavy atom. The van der Waals surface area contributed by atoms with Crippen molar-refractivity contribution in [2.45, 2.75) is 63.8 Å². The van der Waals surface area contributed by atoms with E-state index in [9.17, 15) is 9.59 Å². The maximum atomic E-state index is 13.0. The molecule has 5 heteroatoms. The SMILES string of the molecule is CC(C)[C@H](NC(=O)c1ccc(C23CC4CC(CC(C4)C2)C3)cc1)C(=O)Nc1ccccn1. The van der Waals surface area contributed by atoms with E-state index in [0.29, 0.717) is 16.8 Å². The molecule has 4 aliphatic carbocycles. The first kappa shape index (κ1) is 21.2. The van der Waals surface area contributed by atoms with Crippen molar-refractivity contribution in [1.82, 2.24) is 10.3 Å². The summed E-state index contributed by atoms with van der Waals surface area (Å²) in [4.78, 5) is 29.9. The van der Waals surface area contributed by atoms with Gasteiger partial charge in [-0.05, 0) is 97.4 Å². The van der Waals surface area contributed by atoms with Crippen LogP contribution in [0.25, 0.3) is 0 Å². The molecule has 4 bridgehead atoms. The molecule has 6 rings (SSSR count). The number of nitrogens with one attached hydrogen (secondary N) is 2. The molecule has 1 heterocycles. The number of carbonyl (C=O) groups excluding carboxylic acids is 2. The molecule has 5 nitrogen and oxygen atoms in total. The van der Waals surface area contributed by atoms with Crippen LogP contribution in [0.1, 0.15) is 68.3 Å². The van der Waals surface area contributed by atoms with Gasteiger partial charge in [0.05, 0.1) is 0 Å². The molecular formula is C27H33N3O2. The number of amides is 2. The normalized spacial score (nSPS) is 29.0. The Balaban J connectivity index is 1.27. The van der Waals surface area contributed by atoms with E-state index in [1.165, 1.54) is 44.1 Å². The summed E-state index contributed by atoms with van der Waals surface area (Å²) in [5, 5.41) is 5.73. The molecule has 0 aliphatic heterocycles. The molecular weight excluding hydrogens is 398 g/mol. The standard InChI is InChI=1S/C27H33N3O2/c1-17(2)24(26(32)29-23-5-3-4-10-28-23)30-25(31)21-6-8-22(9-7-21)27-14-18-11-19(15-27)13-20(12-18)16-27/h3-10,17-20,24H,11-16H2,1-2H3,(H,30,31)(H,28,29,32)/t18?,19?,20?,24-,27?/m0/s1. The summed E-state index contributed by atoms with van der Waals surface area (Å²) in [6.07, 6.45) is 9.85. The highest BCUT2D eigenvalue weighted by atomic mass is 16.2. The zero-order chi connectivity index (χ0) is 22.3. The predicted octanol–water partition coefficient (Wildman–Crippen LogP) is 4.94. The molecule has 0 radical (unpaired) electrons. The average molecular weight is 432 g/mol. The van der Waals surface area contributed by atoms with Gasteiger partial charge < -0.3 is 10.6 Å². The lowest BCUT2D eigenvalue weighted by atomic mass is 9.48. The zero-order valence-corrected chi connectivity index (χ0v) is 19.0. The predicted molar refractivity (Wildman–Crippen MR) is 125 cm³/mol. The van der Waals surface area contributed by atoms with Crippen LogP contribution < -0.4 is 10.6 Å². The van der Waals surface area contributed by atoms with E-state index in [1.807, 2.05) is 32.0 Å². The molecule has 0 saturated heterocycles. The number of nitrogens with zero attached hydrogens (tertiary/aromatic N) is 1. The van der Waals surface area contributed by atoms with Crippen molar-refractivity contribution in [3.05, 3.63) is 59.8 Å². The van der Waals surface area contributed by atoms with Gasteiger partial charge in [0.25, 0.3) is 5.91 Å². The summed E-state index contributed by atoms with van der Waals surface area (Å²) in [6.45, 7) is 3.86. The molecule has 1 aromatic heterocycles. The number of hydrogen-bond donors (Lipinski definition) is 2. The smallest absolute Gasteiger partial charge is 0.251 e. The van der Waals surface area contributed by atoms with Crippen molar-refractivity contribution >= 4 is 17.6 Å². The summed E-state index contributed by atoms with van der Waals surface area (Å²) in [5.41, 5.74) is 2.34. The van der Waals surface area contributed by atoms with Crippen LogP contribution in [-0.2, 0) is 10.2 Å². The van der Waals surface area contributed by atoms with Crippen LogP contribution in [0, 0.1) is 23.7 Å². The molecule has 0 spiro atoms. The number of carbonyl (C=O) groups is 2. The Labute approximate surface area is 190 Å². The molecule has 0 unspecified atom stereocenters. The molecule has 168 valence electrons. The second-order valence-electron chi connectivity index (χ2n) is 10.7. The van der Waals surface area contributed by atoms with Gasteiger partial charge in [-0.1, -0.05) is 32.0 Å². The summed E-state index contributed by atoms with van der Waals surface area (Å²) in [7, 11) is 0. The van der Waals surface area contributed by atoms with Crippen molar-refractivity contribution in [3.63, 3.8) is 0 Å². The van der Waals surface area contributed by atoms with E-state index in [-0.39, 0.29) is 17.7 Å². The summed E-state index contributed by atoms with van der Waals surface area (Å²) >= 11 is 0. The minimum Gasteiger partial charge on any atom is -0.340 e. The van der Waals surface area contributed by atoms with Gasteiger partial charge in [-0.15, -0.1) is 0 Å². The zero-order valence-electron chi connectivity index (χ0n) is 19.0. The topological polar surface area (TPSA) is 71.1 Å². The van der Waals surface area contributed by atoms with Crippen molar-refractivity contribution in [3.8, 4) is 0 Å². The van der Waals surface area contributed by atoms with E-state index < -0.39 is 6.04 Å². The van der Waals surface area contributed by atoms with Crippen molar-refractivity contribution in [2.75, 3.05) is 5.32 Å². The Bertz CT molecular complexity index is 948. The first-order chi connectivity index (χ1) is 15.4. The number of benzene rings is 1. The molecule has 4 fully saturated rings. The van der Waals surface area contributed by atoms with Crippen LogP contribution in [0.5, 0.6) is 0 Å². The van der Waals surface area contributed by atoms with Gasteiger partial charge >= 0.3 is 0 Å². The maximum absolute atomic E-state index is 13.0. The quantitative estimate of drug-likeness (QED) is 0.680. The van der Waals surface area contributed by atoms with Crippen LogP contribution in [0.15, 0.2) is 48.7 Å². The number of hydrogen-bond acceptors (Lipinski definition) is 3. The number of rotatable bonds is 6. The molecule has 4 saturated carbocycles. The van der Waals surface area contributed by atoms with Crippen molar-refractivity contribution in [1.29, 1.82) is 0 Å². The molecule has 1 atom stereocenters. The van der Waals surface area contributed by atoms with E-state index in [4.69, 9.17) is 0 Å². The largest absolute Gasteiger partial charge is 0.340 e. The molecule has 2 aromatic rings. The maximum Gasteiger partial charge on any atom is 0.251 e. The van der Waals surface area contributed by atoms with Gasteiger partial charge in [-0.25, -0.2) is 4.98 Å². The van der Waals surface area contributed by atoms with Crippen LogP contribution in [0.4, 0.5) is 5.82 Å². The van der Waals surface area contributed by atoms with Crippen molar-refractivity contribution in [2.24, 2.45) is 23.7 Å². The number of pyridine rings is 1. The lowest BCUT2D eigenvalue weighted by molar-refractivity contribution is -0.118. The molecule has 1 aromatic carbocycles. The van der Waals surface area contributed by atoms with Crippen LogP contribution in [-0.4, -0.2) is 22.8 Å². The van der Waals surface area contributed by atoms with Crippen LogP contribution in [0.2, 0.25) is 0 Å². The van der Waals surface area contributed by atoms with Gasteiger partial charge in [0.15, 0.2) is 0 Å². The molecule has 32 heavy (non-hydrogen) atoms. The van der Waals surface area contributed by atoms with Gasteiger partial charge in [0, 0.05) is 11.8 Å². The molecule has 2 N–H and O–H groups in total. The average Bonchev–Trinajstić information content (AvgIpc) is 2.77. The third-order valence-corrected chi connectivity index (χ3v) is 7.95. The fourth-order valence-corrected chi connectivity index (χ4v) is 6.84. The first-order valence-electron chi connectivity index (χ1n) is 12.1. The van der Waals surface area contributed by atoms with Gasteiger partial charge in [0.1, 0.15) is 11.9 Å². The van der Waals surface area contributed by atoms with Crippen molar-refractivity contribution < 1.29 is 9.59 Å². The summed E-state index contributed by atoms with van der Waals surface area (Å²) < 4.78 is 0. The Kier molecular flexibility index (Phi) is 5.52. The van der Waals surface area contributed by atoms with E-state index >= 15 is 0 Å². The number of aromatic nitrogens is 1. The minimum absolute atomic E-state index is 0.0473. The van der Waals surface area contributed by atoms with Gasteiger partial charge in [0.2, 0.25) is 5.91 Å². The fraction of sp³-hybridized carbons (Fsp3) is 0.519. The minimum atomic E-state index is -0.632. The molecule has 4 aliphatic rings. The lowest BCUT2D eigenvalue weighted by Crippen LogP contribution is -2.48.